The molecule has 0 aliphatic carbocycles. The molecule has 1 N–H and O–H groups in total. The van der Waals surface area contributed by atoms with Gasteiger partial charge in [0.05, 0.1) is 26.0 Å². The average molecular weight is 376 g/mol. The maximum Gasteiger partial charge on any atom is 0.230 e. The van der Waals surface area contributed by atoms with E-state index in [0.717, 1.165) is 11.4 Å². The molecule has 0 radical (unpaired) electrons. The molecule has 1 heterocycles. The normalized spacial score (nSPS) is 11.7. The number of aryl methyl sites for hydroxylation is 1. The monoisotopic (exact) mass is 376 g/mol. The number of nitrogens with zero attached hydrogens (tertiary/aromatic N) is 3. The number of thioether (sulfide) groups is 1. The Morgan fingerprint density at radius 3 is 2.81 bits per heavy atom. The second-order valence-corrected chi connectivity index (χ2v) is 6.56. The number of ether oxygens (including phenoxy) is 2. The first kappa shape index (κ1) is 19.8. The van der Waals surface area contributed by atoms with Crippen LogP contribution in [0, 0.1) is 6.92 Å². The van der Waals surface area contributed by atoms with Crippen molar-refractivity contribution in [1.29, 1.82) is 0 Å². The van der Waals surface area contributed by atoms with E-state index in [2.05, 4.69) is 22.1 Å². The number of allylic oxidation sites excluding steroid dienone is 1. The molecule has 0 saturated heterocycles. The number of amides is 1. The molecule has 0 aliphatic heterocycles. The number of rotatable bonds is 9. The van der Waals surface area contributed by atoms with Crippen molar-refractivity contribution in [2.45, 2.75) is 31.6 Å². The van der Waals surface area contributed by atoms with Crippen LogP contribution in [0.2, 0.25) is 0 Å². The van der Waals surface area contributed by atoms with Crippen molar-refractivity contribution in [3.8, 4) is 11.5 Å². The van der Waals surface area contributed by atoms with Crippen molar-refractivity contribution in [3.05, 3.63) is 42.2 Å². The van der Waals surface area contributed by atoms with Crippen LogP contribution in [0.5, 0.6) is 11.5 Å². The molecular weight excluding hydrogens is 352 g/mol. The van der Waals surface area contributed by atoms with Crippen molar-refractivity contribution >= 4 is 17.7 Å². The summed E-state index contributed by atoms with van der Waals surface area (Å²) in [6, 6.07) is 5.29. The first-order valence-electron chi connectivity index (χ1n) is 8.15. The highest BCUT2D eigenvalue weighted by Gasteiger charge is 2.16. The van der Waals surface area contributed by atoms with Gasteiger partial charge in [0.1, 0.15) is 17.3 Å². The van der Waals surface area contributed by atoms with Crippen LogP contribution in [0.4, 0.5) is 0 Å². The Kier molecular flexibility index (Phi) is 7.08. The highest BCUT2D eigenvalue weighted by molar-refractivity contribution is 7.99. The minimum absolute atomic E-state index is 0.0989. The molecule has 0 saturated carbocycles. The first-order chi connectivity index (χ1) is 12.5. The zero-order valence-corrected chi connectivity index (χ0v) is 16.3. The number of methoxy groups -OCH3 is 2. The maximum absolute atomic E-state index is 12.3. The van der Waals surface area contributed by atoms with Crippen molar-refractivity contribution < 1.29 is 14.3 Å². The minimum atomic E-state index is -0.221. The Bertz CT molecular complexity index is 776. The van der Waals surface area contributed by atoms with Gasteiger partial charge in [-0.1, -0.05) is 17.8 Å². The molecule has 1 atom stereocenters. The smallest absolute Gasteiger partial charge is 0.230 e. The molecule has 0 spiro atoms. The summed E-state index contributed by atoms with van der Waals surface area (Å²) in [5, 5.41) is 11.8. The fraction of sp³-hybridized carbons (Fsp3) is 0.389. The summed E-state index contributed by atoms with van der Waals surface area (Å²) in [6.07, 6.45) is 1.78. The summed E-state index contributed by atoms with van der Waals surface area (Å²) in [6.45, 7) is 8.12. The Balaban J connectivity index is 2.01. The van der Waals surface area contributed by atoms with E-state index in [4.69, 9.17) is 9.47 Å². The van der Waals surface area contributed by atoms with Gasteiger partial charge in [-0.25, -0.2) is 0 Å². The fourth-order valence-electron chi connectivity index (χ4n) is 2.48. The minimum Gasteiger partial charge on any atom is -0.497 e. The van der Waals surface area contributed by atoms with Gasteiger partial charge in [0.2, 0.25) is 5.91 Å². The lowest BCUT2D eigenvalue weighted by Crippen LogP contribution is -2.28. The molecule has 1 aromatic heterocycles. The Morgan fingerprint density at radius 2 is 2.15 bits per heavy atom. The summed E-state index contributed by atoms with van der Waals surface area (Å²) in [4.78, 5) is 12.3. The van der Waals surface area contributed by atoms with Gasteiger partial charge < -0.3 is 19.4 Å². The Hall–Kier alpha value is -2.48. The number of aromatic nitrogens is 3. The van der Waals surface area contributed by atoms with Gasteiger partial charge in [-0.05, 0) is 32.0 Å². The van der Waals surface area contributed by atoms with E-state index in [0.29, 0.717) is 23.2 Å². The maximum atomic E-state index is 12.3. The molecule has 0 aliphatic rings. The molecular formula is C18H24N4O3S. The number of hydrogen-bond acceptors (Lipinski definition) is 6. The van der Waals surface area contributed by atoms with E-state index in [1.165, 1.54) is 11.8 Å². The highest BCUT2D eigenvalue weighted by atomic mass is 32.2. The van der Waals surface area contributed by atoms with E-state index in [1.54, 1.807) is 20.3 Å². The van der Waals surface area contributed by atoms with Crippen LogP contribution in [0.25, 0.3) is 0 Å². The number of carbonyl (C=O) groups excluding carboxylic acids is 1. The van der Waals surface area contributed by atoms with Crippen molar-refractivity contribution in [2.75, 3.05) is 20.0 Å². The summed E-state index contributed by atoms with van der Waals surface area (Å²) in [5.74, 6) is 2.35. The molecule has 0 fully saturated rings. The average Bonchev–Trinajstić information content (AvgIpc) is 2.99. The zero-order valence-electron chi connectivity index (χ0n) is 15.5. The zero-order chi connectivity index (χ0) is 19.1. The second kappa shape index (κ2) is 9.28. The van der Waals surface area contributed by atoms with Crippen LogP contribution in [0.1, 0.15) is 24.4 Å². The lowest BCUT2D eigenvalue weighted by Gasteiger charge is -2.18. The first-order valence-corrected chi connectivity index (χ1v) is 9.13. The van der Waals surface area contributed by atoms with Gasteiger partial charge in [-0.3, -0.25) is 4.79 Å². The molecule has 26 heavy (non-hydrogen) atoms. The predicted octanol–water partition coefficient (Wildman–Crippen LogP) is 2.76. The van der Waals surface area contributed by atoms with Crippen LogP contribution < -0.4 is 14.8 Å². The Morgan fingerprint density at radius 1 is 1.38 bits per heavy atom. The van der Waals surface area contributed by atoms with Crippen LogP contribution in [-0.2, 0) is 11.3 Å². The third-order valence-corrected chi connectivity index (χ3v) is 4.79. The predicted molar refractivity (Wildman–Crippen MR) is 102 cm³/mol. The van der Waals surface area contributed by atoms with E-state index >= 15 is 0 Å². The SMILES string of the molecule is C=CCn1c(C)nnc1SCC(=O)NC(C)c1cc(OC)ccc1OC. The van der Waals surface area contributed by atoms with E-state index in [1.807, 2.05) is 36.6 Å². The van der Waals surface area contributed by atoms with Crippen LogP contribution in [0.3, 0.4) is 0 Å². The van der Waals surface area contributed by atoms with E-state index < -0.39 is 0 Å². The summed E-state index contributed by atoms with van der Waals surface area (Å²) in [5.41, 5.74) is 0.857. The van der Waals surface area contributed by atoms with E-state index in [9.17, 15) is 4.79 Å². The molecule has 2 rings (SSSR count). The number of benzene rings is 1. The van der Waals surface area contributed by atoms with Gasteiger partial charge in [-0.2, -0.15) is 0 Å². The Labute approximate surface area is 157 Å². The number of hydrogen-bond donors (Lipinski definition) is 1. The van der Waals surface area contributed by atoms with Gasteiger partial charge in [-0.15, -0.1) is 16.8 Å². The highest BCUT2D eigenvalue weighted by Crippen LogP contribution is 2.29. The summed E-state index contributed by atoms with van der Waals surface area (Å²) in [7, 11) is 3.21. The molecule has 8 heteroatoms. The quantitative estimate of drug-likeness (QED) is 0.536. The lowest BCUT2D eigenvalue weighted by atomic mass is 10.1. The largest absolute Gasteiger partial charge is 0.497 e. The van der Waals surface area contributed by atoms with Gasteiger partial charge in [0, 0.05) is 12.1 Å². The molecule has 1 amide bonds. The summed E-state index contributed by atoms with van der Waals surface area (Å²) >= 11 is 1.34. The molecule has 1 unspecified atom stereocenters. The molecule has 2 aromatic rings. The second-order valence-electron chi connectivity index (χ2n) is 5.61. The fourth-order valence-corrected chi connectivity index (χ4v) is 3.28. The van der Waals surface area contributed by atoms with Gasteiger partial charge in [0.15, 0.2) is 5.16 Å². The topological polar surface area (TPSA) is 78.3 Å². The summed E-state index contributed by atoms with van der Waals surface area (Å²) < 4.78 is 12.6. The molecule has 1 aromatic carbocycles. The van der Waals surface area contributed by atoms with Crippen LogP contribution in [0.15, 0.2) is 36.0 Å². The van der Waals surface area contributed by atoms with Crippen molar-refractivity contribution in [2.24, 2.45) is 0 Å². The number of carbonyl (C=O) groups is 1. The van der Waals surface area contributed by atoms with Crippen molar-refractivity contribution in [3.63, 3.8) is 0 Å². The van der Waals surface area contributed by atoms with Crippen LogP contribution in [-0.4, -0.2) is 40.6 Å². The third kappa shape index (κ3) is 4.78. The molecule has 7 nitrogen and oxygen atoms in total. The molecule has 0 bridgehead atoms. The van der Waals surface area contributed by atoms with Crippen LogP contribution >= 0.6 is 11.8 Å². The molecule has 140 valence electrons. The van der Waals surface area contributed by atoms with E-state index in [-0.39, 0.29) is 17.7 Å². The van der Waals surface area contributed by atoms with Gasteiger partial charge >= 0.3 is 0 Å². The standard InChI is InChI=1S/C18H24N4O3S/c1-6-9-22-13(3)20-21-18(22)26-11-17(23)19-12(2)15-10-14(24-4)7-8-16(15)25-5/h6-8,10,12H,1,9,11H2,2-5H3,(H,19,23). The lowest BCUT2D eigenvalue weighted by molar-refractivity contribution is -0.119. The van der Waals surface area contributed by atoms with Crippen molar-refractivity contribution in [1.82, 2.24) is 20.1 Å². The third-order valence-electron chi connectivity index (χ3n) is 3.83. The van der Waals surface area contributed by atoms with Gasteiger partial charge in [0.25, 0.3) is 0 Å². The number of nitrogens with one attached hydrogen (secondary N) is 1.